The van der Waals surface area contributed by atoms with Crippen LogP contribution in [-0.4, -0.2) is 15.5 Å². The fourth-order valence-electron chi connectivity index (χ4n) is 2.83. The lowest BCUT2D eigenvalue weighted by Gasteiger charge is -2.10. The molecule has 3 aromatic rings. The molecule has 0 saturated heterocycles. The van der Waals surface area contributed by atoms with Crippen molar-refractivity contribution in [1.82, 2.24) is 9.55 Å². The average Bonchev–Trinajstić information content (AvgIpc) is 3.15. The molecule has 7 heteroatoms. The van der Waals surface area contributed by atoms with E-state index < -0.39 is 5.91 Å². The molecule has 2 heterocycles. The van der Waals surface area contributed by atoms with Gasteiger partial charge >= 0.3 is 0 Å². The van der Waals surface area contributed by atoms with Crippen molar-refractivity contribution in [1.29, 1.82) is 5.26 Å². The van der Waals surface area contributed by atoms with Crippen molar-refractivity contribution in [2.45, 2.75) is 20.8 Å². The molecule has 0 spiro atoms. The number of nitriles is 1. The monoisotopic (exact) mass is 396 g/mol. The summed E-state index contributed by atoms with van der Waals surface area (Å²) >= 11 is 7.47. The zero-order valence-electron chi connectivity index (χ0n) is 15.1. The van der Waals surface area contributed by atoms with Gasteiger partial charge in [0.1, 0.15) is 11.6 Å². The van der Waals surface area contributed by atoms with Crippen molar-refractivity contribution in [3.63, 3.8) is 0 Å². The van der Waals surface area contributed by atoms with Crippen molar-refractivity contribution in [3.8, 4) is 11.8 Å². The van der Waals surface area contributed by atoms with Gasteiger partial charge in [-0.2, -0.15) is 5.26 Å². The number of carbonyl (C=O) groups excluding carboxylic acids is 1. The molecular formula is C20H17ClN4OS. The predicted molar refractivity (Wildman–Crippen MR) is 109 cm³/mol. The van der Waals surface area contributed by atoms with Gasteiger partial charge in [-0.25, -0.2) is 4.98 Å². The molecule has 27 heavy (non-hydrogen) atoms. The largest absolute Gasteiger partial charge is 0.318 e. The van der Waals surface area contributed by atoms with Crippen LogP contribution in [0.5, 0.6) is 0 Å². The number of carbonyl (C=O) groups is 1. The fourth-order valence-corrected chi connectivity index (χ4v) is 3.67. The van der Waals surface area contributed by atoms with Gasteiger partial charge in [0, 0.05) is 33.2 Å². The Balaban J connectivity index is 1.94. The molecule has 1 amide bonds. The SMILES string of the molecule is Cc1cnc(NC(=O)/C(C#N)=C\c2cc(C)n(-c3cccc(Cl)c3)c2C)s1. The third-order valence-corrected chi connectivity index (χ3v) is 5.11. The van der Waals surface area contributed by atoms with Gasteiger partial charge in [-0.3, -0.25) is 10.1 Å². The van der Waals surface area contributed by atoms with Crippen molar-refractivity contribution in [2.75, 3.05) is 5.32 Å². The summed E-state index contributed by atoms with van der Waals surface area (Å²) in [4.78, 5) is 17.5. The molecule has 0 radical (unpaired) electrons. The second-order valence-electron chi connectivity index (χ2n) is 6.04. The van der Waals surface area contributed by atoms with Crippen LogP contribution >= 0.6 is 22.9 Å². The lowest BCUT2D eigenvalue weighted by molar-refractivity contribution is -0.112. The highest BCUT2D eigenvalue weighted by molar-refractivity contribution is 7.15. The summed E-state index contributed by atoms with van der Waals surface area (Å²) in [5.41, 5.74) is 3.65. The number of rotatable bonds is 4. The van der Waals surface area contributed by atoms with Crippen LogP contribution in [0.3, 0.4) is 0 Å². The van der Waals surface area contributed by atoms with Crippen molar-refractivity contribution in [2.24, 2.45) is 0 Å². The van der Waals surface area contributed by atoms with E-state index in [-0.39, 0.29) is 5.57 Å². The van der Waals surface area contributed by atoms with Crippen LogP contribution in [0.15, 0.2) is 42.1 Å². The summed E-state index contributed by atoms with van der Waals surface area (Å²) < 4.78 is 2.04. The number of hydrogen-bond acceptors (Lipinski definition) is 4. The quantitative estimate of drug-likeness (QED) is 0.495. The Morgan fingerprint density at radius 3 is 2.74 bits per heavy atom. The van der Waals surface area contributed by atoms with E-state index in [0.29, 0.717) is 10.2 Å². The maximum Gasteiger partial charge on any atom is 0.268 e. The Hall–Kier alpha value is -2.88. The first-order valence-electron chi connectivity index (χ1n) is 8.19. The van der Waals surface area contributed by atoms with E-state index in [1.165, 1.54) is 11.3 Å². The minimum atomic E-state index is -0.473. The van der Waals surface area contributed by atoms with Crippen LogP contribution in [0, 0.1) is 32.1 Å². The Kier molecular flexibility index (Phi) is 5.45. The molecule has 1 aromatic carbocycles. The van der Waals surface area contributed by atoms with E-state index >= 15 is 0 Å². The molecular weight excluding hydrogens is 380 g/mol. The van der Waals surface area contributed by atoms with Crippen LogP contribution in [-0.2, 0) is 4.79 Å². The standard InChI is InChI=1S/C20H17ClN4OS/c1-12-7-15(14(3)25(12)18-6-4-5-17(21)9-18)8-16(10-22)19(26)24-20-23-11-13(2)27-20/h4-9,11H,1-3H3,(H,23,24,26)/b16-8-. The van der Waals surface area contributed by atoms with E-state index in [1.807, 2.05) is 61.7 Å². The molecule has 0 aliphatic carbocycles. The third kappa shape index (κ3) is 4.11. The highest BCUT2D eigenvalue weighted by Gasteiger charge is 2.15. The van der Waals surface area contributed by atoms with Gasteiger partial charge in [-0.15, -0.1) is 11.3 Å². The topological polar surface area (TPSA) is 70.7 Å². The number of halogens is 1. The van der Waals surface area contributed by atoms with Crippen molar-refractivity contribution >= 4 is 40.1 Å². The minimum Gasteiger partial charge on any atom is -0.318 e. The van der Waals surface area contributed by atoms with Crippen LogP contribution < -0.4 is 5.32 Å². The highest BCUT2D eigenvalue weighted by Crippen LogP contribution is 2.25. The Morgan fingerprint density at radius 2 is 2.11 bits per heavy atom. The molecule has 0 aliphatic heterocycles. The Morgan fingerprint density at radius 1 is 1.33 bits per heavy atom. The Labute approximate surface area is 166 Å². The molecule has 0 unspecified atom stereocenters. The number of amides is 1. The first-order valence-corrected chi connectivity index (χ1v) is 9.39. The van der Waals surface area contributed by atoms with Crippen LogP contribution in [0.4, 0.5) is 5.13 Å². The summed E-state index contributed by atoms with van der Waals surface area (Å²) in [6, 6.07) is 11.5. The van der Waals surface area contributed by atoms with E-state index in [1.54, 1.807) is 12.3 Å². The predicted octanol–water partition coefficient (Wildman–Crippen LogP) is 5.06. The molecule has 2 aromatic heterocycles. The molecule has 0 bridgehead atoms. The molecule has 0 saturated carbocycles. The normalized spacial score (nSPS) is 11.3. The van der Waals surface area contributed by atoms with Crippen LogP contribution in [0.2, 0.25) is 5.02 Å². The maximum absolute atomic E-state index is 12.4. The fraction of sp³-hybridized carbons (Fsp3) is 0.150. The number of aromatic nitrogens is 2. The summed E-state index contributed by atoms with van der Waals surface area (Å²) in [5, 5.41) is 13.2. The van der Waals surface area contributed by atoms with Gasteiger partial charge in [0.05, 0.1) is 0 Å². The van der Waals surface area contributed by atoms with Crippen molar-refractivity contribution < 1.29 is 4.79 Å². The highest BCUT2D eigenvalue weighted by atomic mass is 35.5. The average molecular weight is 397 g/mol. The lowest BCUT2D eigenvalue weighted by Crippen LogP contribution is -2.13. The summed E-state index contributed by atoms with van der Waals surface area (Å²) in [5.74, 6) is -0.473. The second-order valence-corrected chi connectivity index (χ2v) is 7.71. The number of aryl methyl sites for hydroxylation is 2. The smallest absolute Gasteiger partial charge is 0.268 e. The number of hydrogen-bond donors (Lipinski definition) is 1. The number of nitrogens with one attached hydrogen (secondary N) is 1. The van der Waals surface area contributed by atoms with E-state index in [0.717, 1.165) is 27.5 Å². The summed E-state index contributed by atoms with van der Waals surface area (Å²) in [7, 11) is 0. The van der Waals surface area contributed by atoms with Crippen LogP contribution in [0.1, 0.15) is 21.8 Å². The van der Waals surface area contributed by atoms with Gasteiger partial charge in [0.15, 0.2) is 5.13 Å². The van der Waals surface area contributed by atoms with Crippen molar-refractivity contribution in [3.05, 3.63) is 69.0 Å². The first-order chi connectivity index (χ1) is 12.9. The van der Waals surface area contributed by atoms with Gasteiger partial charge in [-0.05, 0) is 56.7 Å². The van der Waals surface area contributed by atoms with Gasteiger partial charge in [-0.1, -0.05) is 17.7 Å². The molecule has 5 nitrogen and oxygen atoms in total. The second kappa shape index (κ2) is 7.78. The first kappa shape index (κ1) is 18.9. The molecule has 0 atom stereocenters. The summed E-state index contributed by atoms with van der Waals surface area (Å²) in [6.07, 6.45) is 3.27. The molecule has 136 valence electrons. The van der Waals surface area contributed by atoms with E-state index in [9.17, 15) is 10.1 Å². The minimum absolute atomic E-state index is 0.0224. The molecule has 0 aliphatic rings. The van der Waals surface area contributed by atoms with Gasteiger partial charge in [0.2, 0.25) is 0 Å². The van der Waals surface area contributed by atoms with E-state index in [4.69, 9.17) is 11.6 Å². The zero-order valence-corrected chi connectivity index (χ0v) is 16.6. The third-order valence-electron chi connectivity index (χ3n) is 4.04. The molecule has 1 N–H and O–H groups in total. The lowest BCUT2D eigenvalue weighted by atomic mass is 10.1. The number of benzene rings is 1. The molecule has 3 rings (SSSR count). The van der Waals surface area contributed by atoms with Crippen LogP contribution in [0.25, 0.3) is 11.8 Å². The van der Waals surface area contributed by atoms with Gasteiger partial charge < -0.3 is 4.57 Å². The van der Waals surface area contributed by atoms with Gasteiger partial charge in [0.25, 0.3) is 5.91 Å². The Bertz CT molecular complexity index is 1090. The zero-order chi connectivity index (χ0) is 19.6. The number of nitrogens with zero attached hydrogens (tertiary/aromatic N) is 3. The maximum atomic E-state index is 12.4. The molecule has 0 fully saturated rings. The number of thiazole rings is 1. The van der Waals surface area contributed by atoms with E-state index in [2.05, 4.69) is 10.3 Å². The summed E-state index contributed by atoms with van der Waals surface area (Å²) in [6.45, 7) is 5.81. The number of anilines is 1.